The molecule has 118 valence electrons. The molecule has 0 aromatic heterocycles. The van der Waals surface area contributed by atoms with E-state index in [1.165, 1.54) is 12.8 Å². The third kappa shape index (κ3) is 8.48. The molecular weight excluding hydrogens is 266 g/mol. The zero-order chi connectivity index (χ0) is 15.5. The second kappa shape index (κ2) is 10.4. The topological polar surface area (TPSA) is 58.6 Å². The Morgan fingerprint density at radius 1 is 1.33 bits per heavy atom. The summed E-state index contributed by atoms with van der Waals surface area (Å²) in [5.41, 5.74) is 3.99. The van der Waals surface area contributed by atoms with E-state index in [4.69, 9.17) is 9.94 Å². The first kappa shape index (κ1) is 17.7. The molecule has 4 heteroatoms. The SMILES string of the molecule is CCCCC(C)CC(CC(=O)O)NOCc1ccccc1. The highest BCUT2D eigenvalue weighted by atomic mass is 16.6. The second-order valence-electron chi connectivity index (χ2n) is 5.67. The van der Waals surface area contributed by atoms with Crippen molar-refractivity contribution in [3.8, 4) is 0 Å². The van der Waals surface area contributed by atoms with Gasteiger partial charge in [0.25, 0.3) is 0 Å². The maximum atomic E-state index is 10.9. The lowest BCUT2D eigenvalue weighted by Gasteiger charge is -2.20. The number of aliphatic carboxylic acids is 1. The largest absolute Gasteiger partial charge is 0.481 e. The summed E-state index contributed by atoms with van der Waals surface area (Å²) in [6.07, 6.45) is 4.40. The fourth-order valence-corrected chi connectivity index (χ4v) is 2.36. The summed E-state index contributed by atoms with van der Waals surface area (Å²) in [5.74, 6) is -0.291. The minimum absolute atomic E-state index is 0.0885. The summed E-state index contributed by atoms with van der Waals surface area (Å²) >= 11 is 0. The lowest BCUT2D eigenvalue weighted by Crippen LogP contribution is -2.33. The van der Waals surface area contributed by atoms with Crippen molar-refractivity contribution in [2.75, 3.05) is 0 Å². The number of hydrogen-bond donors (Lipinski definition) is 2. The van der Waals surface area contributed by atoms with E-state index in [0.717, 1.165) is 18.4 Å². The van der Waals surface area contributed by atoms with E-state index in [-0.39, 0.29) is 12.5 Å². The zero-order valence-corrected chi connectivity index (χ0v) is 13.0. The van der Waals surface area contributed by atoms with Gasteiger partial charge in [0.2, 0.25) is 0 Å². The van der Waals surface area contributed by atoms with E-state index in [1.54, 1.807) is 0 Å². The molecule has 2 unspecified atom stereocenters. The molecule has 2 N–H and O–H groups in total. The van der Waals surface area contributed by atoms with Crippen LogP contribution in [-0.4, -0.2) is 17.1 Å². The molecule has 0 aliphatic rings. The first-order chi connectivity index (χ1) is 10.1. The van der Waals surface area contributed by atoms with Gasteiger partial charge in [-0.2, -0.15) is 5.48 Å². The Morgan fingerprint density at radius 2 is 2.05 bits per heavy atom. The highest BCUT2D eigenvalue weighted by Gasteiger charge is 2.16. The van der Waals surface area contributed by atoms with Crippen molar-refractivity contribution in [3.05, 3.63) is 35.9 Å². The second-order valence-corrected chi connectivity index (χ2v) is 5.67. The smallest absolute Gasteiger partial charge is 0.305 e. The minimum atomic E-state index is -0.793. The van der Waals surface area contributed by atoms with Crippen molar-refractivity contribution in [1.29, 1.82) is 0 Å². The van der Waals surface area contributed by atoms with Gasteiger partial charge < -0.3 is 5.11 Å². The molecule has 0 aliphatic carbocycles. The Hall–Kier alpha value is -1.39. The third-order valence-corrected chi connectivity index (χ3v) is 3.49. The molecule has 0 radical (unpaired) electrons. The molecule has 1 aromatic carbocycles. The number of carboxylic acid groups (broad SMARTS) is 1. The van der Waals surface area contributed by atoms with Gasteiger partial charge in [-0.15, -0.1) is 0 Å². The number of benzene rings is 1. The van der Waals surface area contributed by atoms with Crippen molar-refractivity contribution < 1.29 is 14.7 Å². The van der Waals surface area contributed by atoms with Crippen LogP contribution in [0.25, 0.3) is 0 Å². The van der Waals surface area contributed by atoms with Crippen LogP contribution in [0.1, 0.15) is 51.5 Å². The zero-order valence-electron chi connectivity index (χ0n) is 13.0. The molecule has 2 atom stereocenters. The predicted molar refractivity (Wildman–Crippen MR) is 83.7 cm³/mol. The number of carboxylic acids is 1. The van der Waals surface area contributed by atoms with E-state index in [1.807, 2.05) is 30.3 Å². The van der Waals surface area contributed by atoms with Gasteiger partial charge in [0.1, 0.15) is 0 Å². The first-order valence-electron chi connectivity index (χ1n) is 7.74. The molecule has 21 heavy (non-hydrogen) atoms. The van der Waals surface area contributed by atoms with Gasteiger partial charge in [0.05, 0.1) is 13.0 Å². The molecule has 0 spiro atoms. The number of rotatable bonds is 11. The van der Waals surface area contributed by atoms with E-state index in [0.29, 0.717) is 12.5 Å². The van der Waals surface area contributed by atoms with Crippen LogP contribution in [0.3, 0.4) is 0 Å². The monoisotopic (exact) mass is 293 g/mol. The minimum Gasteiger partial charge on any atom is -0.481 e. The molecule has 1 aromatic rings. The van der Waals surface area contributed by atoms with E-state index >= 15 is 0 Å². The van der Waals surface area contributed by atoms with Gasteiger partial charge in [-0.25, -0.2) is 0 Å². The maximum absolute atomic E-state index is 10.9. The fourth-order valence-electron chi connectivity index (χ4n) is 2.36. The van der Waals surface area contributed by atoms with Crippen LogP contribution in [0, 0.1) is 5.92 Å². The van der Waals surface area contributed by atoms with Crippen LogP contribution >= 0.6 is 0 Å². The summed E-state index contributed by atoms with van der Waals surface area (Å²) in [7, 11) is 0. The van der Waals surface area contributed by atoms with Crippen LogP contribution in [-0.2, 0) is 16.2 Å². The molecule has 0 bridgehead atoms. The number of carbonyl (C=O) groups is 1. The van der Waals surface area contributed by atoms with Crippen LogP contribution in [0.2, 0.25) is 0 Å². The number of nitrogens with one attached hydrogen (secondary N) is 1. The van der Waals surface area contributed by atoms with Gasteiger partial charge in [0, 0.05) is 6.04 Å². The highest BCUT2D eigenvalue weighted by molar-refractivity contribution is 5.67. The molecule has 0 saturated heterocycles. The number of hydroxylamine groups is 1. The molecule has 1 rings (SSSR count). The van der Waals surface area contributed by atoms with Gasteiger partial charge in [0.15, 0.2) is 0 Å². The summed E-state index contributed by atoms with van der Waals surface area (Å²) in [5, 5.41) is 8.99. The lowest BCUT2D eigenvalue weighted by molar-refractivity contribution is -0.139. The van der Waals surface area contributed by atoms with Gasteiger partial charge >= 0.3 is 5.97 Å². The van der Waals surface area contributed by atoms with Crippen LogP contribution in [0.5, 0.6) is 0 Å². The maximum Gasteiger partial charge on any atom is 0.305 e. The Labute approximate surface area is 127 Å². The molecule has 0 aliphatic heterocycles. The van der Waals surface area contributed by atoms with Crippen molar-refractivity contribution >= 4 is 5.97 Å². The lowest BCUT2D eigenvalue weighted by atomic mass is 9.95. The fraction of sp³-hybridized carbons (Fsp3) is 0.588. The van der Waals surface area contributed by atoms with Gasteiger partial charge in [-0.3, -0.25) is 9.63 Å². The number of hydrogen-bond acceptors (Lipinski definition) is 3. The molecular formula is C17H27NO3. The molecule has 0 fully saturated rings. The average Bonchev–Trinajstić information content (AvgIpc) is 2.45. The van der Waals surface area contributed by atoms with E-state index in [2.05, 4.69) is 19.3 Å². The van der Waals surface area contributed by atoms with Crippen LogP contribution in [0.15, 0.2) is 30.3 Å². The van der Waals surface area contributed by atoms with Gasteiger partial charge in [-0.05, 0) is 17.9 Å². The average molecular weight is 293 g/mol. The van der Waals surface area contributed by atoms with Crippen molar-refractivity contribution in [2.45, 2.75) is 58.6 Å². The van der Waals surface area contributed by atoms with Crippen LogP contribution < -0.4 is 5.48 Å². The van der Waals surface area contributed by atoms with Gasteiger partial charge in [-0.1, -0.05) is 63.4 Å². The summed E-state index contributed by atoms with van der Waals surface area (Å²) in [6.45, 7) is 4.78. The Balaban J connectivity index is 2.36. The normalized spacial score (nSPS) is 13.8. The van der Waals surface area contributed by atoms with Crippen molar-refractivity contribution in [3.63, 3.8) is 0 Å². The molecule has 0 amide bonds. The Bertz CT molecular complexity index is 394. The van der Waals surface area contributed by atoms with E-state index in [9.17, 15) is 4.79 Å². The molecule has 4 nitrogen and oxygen atoms in total. The van der Waals surface area contributed by atoms with Crippen LogP contribution in [0.4, 0.5) is 0 Å². The Kier molecular flexibility index (Phi) is 8.71. The van der Waals surface area contributed by atoms with Crippen molar-refractivity contribution in [1.82, 2.24) is 5.48 Å². The molecule has 0 saturated carbocycles. The standard InChI is InChI=1S/C17H27NO3/c1-3-4-8-14(2)11-16(12-17(19)20)18-21-13-15-9-6-5-7-10-15/h5-7,9-10,14,16,18H,3-4,8,11-13H2,1-2H3,(H,19,20). The first-order valence-corrected chi connectivity index (χ1v) is 7.74. The van der Waals surface area contributed by atoms with E-state index < -0.39 is 5.97 Å². The van der Waals surface area contributed by atoms with Crippen molar-refractivity contribution in [2.24, 2.45) is 5.92 Å². The Morgan fingerprint density at radius 3 is 2.67 bits per heavy atom. The predicted octanol–water partition coefficient (Wildman–Crippen LogP) is 3.77. The summed E-state index contributed by atoms with van der Waals surface area (Å²) in [4.78, 5) is 16.4. The quantitative estimate of drug-likeness (QED) is 0.610. The number of unbranched alkanes of at least 4 members (excludes halogenated alkanes) is 1. The summed E-state index contributed by atoms with van der Waals surface area (Å²) in [6, 6.07) is 9.70. The summed E-state index contributed by atoms with van der Waals surface area (Å²) < 4.78 is 0. The molecule has 0 heterocycles. The highest BCUT2D eigenvalue weighted by Crippen LogP contribution is 2.16. The third-order valence-electron chi connectivity index (χ3n) is 3.49.